The van der Waals surface area contributed by atoms with Crippen molar-refractivity contribution in [2.75, 3.05) is 0 Å². The number of hydrogen-bond donors (Lipinski definition) is 0. The lowest BCUT2D eigenvalue weighted by Crippen LogP contribution is -2.41. The number of benzene rings is 2. The molecule has 2 aliphatic rings. The van der Waals surface area contributed by atoms with E-state index in [1.807, 2.05) is 30.3 Å². The van der Waals surface area contributed by atoms with Crippen LogP contribution in [-0.4, -0.2) is 16.9 Å². The van der Waals surface area contributed by atoms with E-state index in [9.17, 15) is 0 Å². The number of nitrogens with zero attached hydrogens (tertiary/aromatic N) is 2. The topological polar surface area (TPSA) is 24.8 Å². The Bertz CT molecular complexity index is 769. The third-order valence-corrected chi connectivity index (χ3v) is 4.88. The highest BCUT2D eigenvalue weighted by Crippen LogP contribution is 2.43. The fraction of sp³-hybridized carbons (Fsp3) is 0.350. The van der Waals surface area contributed by atoms with Gasteiger partial charge in [-0.25, -0.2) is 0 Å². The Kier molecular flexibility index (Phi) is 3.97. The maximum atomic E-state index is 6.26. The van der Waals surface area contributed by atoms with Gasteiger partial charge in [0.2, 0.25) is 0 Å². The zero-order valence-corrected chi connectivity index (χ0v) is 14.7. The summed E-state index contributed by atoms with van der Waals surface area (Å²) in [7, 11) is 0. The molecule has 2 aliphatic heterocycles. The van der Waals surface area contributed by atoms with E-state index in [1.165, 1.54) is 5.56 Å². The Morgan fingerprint density at radius 3 is 2.67 bits per heavy atom. The summed E-state index contributed by atoms with van der Waals surface area (Å²) in [6, 6.07) is 16.5. The van der Waals surface area contributed by atoms with Crippen LogP contribution in [0.4, 0.5) is 0 Å². The summed E-state index contributed by atoms with van der Waals surface area (Å²) < 4.78 is 6.26. The minimum atomic E-state index is -0.00491. The van der Waals surface area contributed by atoms with Gasteiger partial charge in [-0.15, -0.1) is 0 Å². The number of rotatable bonds is 3. The number of hydrogen-bond acceptors (Lipinski definition) is 3. The molecular formula is C20H21ClN2O. The average molecular weight is 341 g/mol. The molecule has 0 radical (unpaired) electrons. The quantitative estimate of drug-likeness (QED) is 0.761. The largest absolute Gasteiger partial charge is 0.469 e. The van der Waals surface area contributed by atoms with Crippen LogP contribution in [0.1, 0.15) is 43.9 Å². The summed E-state index contributed by atoms with van der Waals surface area (Å²) in [6.45, 7) is 4.44. The van der Waals surface area contributed by atoms with Crippen LogP contribution in [-0.2, 0) is 0 Å². The Hall–Kier alpha value is -2.00. The summed E-state index contributed by atoms with van der Waals surface area (Å²) in [5.41, 5.74) is 3.46. The molecule has 2 heterocycles. The highest BCUT2D eigenvalue weighted by atomic mass is 35.5. The molecule has 24 heavy (non-hydrogen) atoms. The molecule has 124 valence electrons. The monoisotopic (exact) mass is 340 g/mol. The van der Waals surface area contributed by atoms with Crippen LogP contribution < -0.4 is 4.74 Å². The fourth-order valence-electron chi connectivity index (χ4n) is 3.49. The minimum absolute atomic E-state index is 0.00491. The van der Waals surface area contributed by atoms with Crippen molar-refractivity contribution in [2.24, 2.45) is 11.0 Å². The van der Waals surface area contributed by atoms with Crippen LogP contribution in [0, 0.1) is 5.92 Å². The Labute approximate surface area is 147 Å². The number of fused-ring (bicyclic) bond motifs is 3. The van der Waals surface area contributed by atoms with Gasteiger partial charge in [0, 0.05) is 23.4 Å². The van der Waals surface area contributed by atoms with E-state index in [-0.39, 0.29) is 12.3 Å². The highest BCUT2D eigenvalue weighted by molar-refractivity contribution is 6.30. The van der Waals surface area contributed by atoms with Crippen LogP contribution in [0.25, 0.3) is 0 Å². The molecular weight excluding hydrogens is 320 g/mol. The molecule has 0 fully saturated rings. The Morgan fingerprint density at radius 2 is 1.92 bits per heavy atom. The van der Waals surface area contributed by atoms with Crippen LogP contribution in [0.2, 0.25) is 5.02 Å². The van der Waals surface area contributed by atoms with Gasteiger partial charge in [-0.3, -0.25) is 5.01 Å². The summed E-state index contributed by atoms with van der Waals surface area (Å²) >= 11 is 6.02. The lowest BCUT2D eigenvalue weighted by atomic mass is 9.96. The molecule has 2 atom stereocenters. The van der Waals surface area contributed by atoms with E-state index >= 15 is 0 Å². The van der Waals surface area contributed by atoms with Crippen LogP contribution >= 0.6 is 11.6 Å². The summed E-state index contributed by atoms with van der Waals surface area (Å²) in [6.07, 6.45) is 1.86. The second-order valence-electron chi connectivity index (χ2n) is 6.89. The molecule has 3 nitrogen and oxygen atoms in total. The first-order chi connectivity index (χ1) is 11.6. The van der Waals surface area contributed by atoms with Gasteiger partial charge in [0.05, 0.1) is 11.8 Å². The molecule has 4 heteroatoms. The molecule has 0 N–H and O–H groups in total. The first-order valence-corrected chi connectivity index (χ1v) is 8.87. The summed E-state index contributed by atoms with van der Waals surface area (Å²) in [5.74, 6) is 1.55. The molecule has 2 aromatic rings. The van der Waals surface area contributed by atoms with Crippen LogP contribution in [0.5, 0.6) is 5.75 Å². The minimum Gasteiger partial charge on any atom is -0.469 e. The van der Waals surface area contributed by atoms with Crippen LogP contribution in [0.15, 0.2) is 53.6 Å². The predicted octanol–water partition coefficient (Wildman–Crippen LogP) is 5.26. The molecule has 0 saturated carbocycles. The Morgan fingerprint density at radius 1 is 1.17 bits per heavy atom. The van der Waals surface area contributed by atoms with Crippen LogP contribution in [0.3, 0.4) is 0 Å². The average Bonchev–Trinajstić information content (AvgIpc) is 3.01. The van der Waals surface area contributed by atoms with E-state index < -0.39 is 0 Å². The molecule has 0 aliphatic carbocycles. The third-order valence-electron chi connectivity index (χ3n) is 4.63. The van der Waals surface area contributed by atoms with Crippen molar-refractivity contribution >= 4 is 17.3 Å². The predicted molar refractivity (Wildman–Crippen MR) is 97.5 cm³/mol. The highest BCUT2D eigenvalue weighted by Gasteiger charge is 2.40. The second kappa shape index (κ2) is 6.14. The van der Waals surface area contributed by atoms with Crippen molar-refractivity contribution in [3.05, 3.63) is 64.7 Å². The first kappa shape index (κ1) is 15.5. The maximum Gasteiger partial charge on any atom is 0.188 e. The fourth-order valence-corrected chi connectivity index (χ4v) is 3.61. The van der Waals surface area contributed by atoms with Crippen molar-refractivity contribution in [3.63, 3.8) is 0 Å². The normalized spacial score (nSPS) is 22.0. The van der Waals surface area contributed by atoms with Gasteiger partial charge >= 0.3 is 0 Å². The zero-order chi connectivity index (χ0) is 16.7. The van der Waals surface area contributed by atoms with Crippen molar-refractivity contribution in [1.82, 2.24) is 5.01 Å². The second-order valence-corrected chi connectivity index (χ2v) is 7.33. The van der Waals surface area contributed by atoms with Gasteiger partial charge < -0.3 is 4.74 Å². The van der Waals surface area contributed by atoms with E-state index in [2.05, 4.69) is 37.1 Å². The van der Waals surface area contributed by atoms with E-state index in [0.29, 0.717) is 5.92 Å². The summed E-state index contributed by atoms with van der Waals surface area (Å²) in [5, 5.41) is 7.84. The molecule has 0 spiro atoms. The Balaban J connectivity index is 1.70. The molecule has 0 aromatic heterocycles. The van der Waals surface area contributed by atoms with Crippen molar-refractivity contribution in [3.8, 4) is 5.75 Å². The third kappa shape index (κ3) is 2.78. The number of ether oxygens (including phenoxy) is 1. The molecule has 4 rings (SSSR count). The van der Waals surface area contributed by atoms with Gasteiger partial charge in [-0.2, -0.15) is 5.10 Å². The maximum absolute atomic E-state index is 6.26. The van der Waals surface area contributed by atoms with E-state index in [1.54, 1.807) is 0 Å². The number of hydrazone groups is 1. The van der Waals surface area contributed by atoms with Crippen molar-refractivity contribution < 1.29 is 4.74 Å². The smallest absolute Gasteiger partial charge is 0.188 e. The molecule has 0 bridgehead atoms. The standard InChI is InChI=1S/C20H21ClN2O/c1-13(2)11-20-23-18(16-5-3-4-6-19(16)24-20)12-17(22-23)14-7-9-15(21)10-8-14/h3-10,13,18,20H,11-12H2,1-2H3/t18-,20-/m0/s1. The van der Waals surface area contributed by atoms with Crippen molar-refractivity contribution in [2.45, 2.75) is 39.0 Å². The van der Waals surface area contributed by atoms with Gasteiger partial charge in [0.1, 0.15) is 5.75 Å². The molecule has 0 amide bonds. The molecule has 0 unspecified atom stereocenters. The number of para-hydroxylation sites is 1. The zero-order valence-electron chi connectivity index (χ0n) is 13.9. The lowest BCUT2D eigenvalue weighted by Gasteiger charge is -2.38. The molecule has 2 aromatic carbocycles. The SMILES string of the molecule is CC(C)C[C@@H]1Oc2ccccc2[C@@H]2CC(c3ccc(Cl)cc3)=NN12. The first-order valence-electron chi connectivity index (χ1n) is 8.49. The van der Waals surface area contributed by atoms with E-state index in [4.69, 9.17) is 21.4 Å². The van der Waals surface area contributed by atoms with Gasteiger partial charge in [-0.05, 0) is 29.7 Å². The lowest BCUT2D eigenvalue weighted by molar-refractivity contribution is -0.0291. The van der Waals surface area contributed by atoms with Gasteiger partial charge in [-0.1, -0.05) is 55.8 Å². The molecule has 0 saturated heterocycles. The number of halogens is 1. The van der Waals surface area contributed by atoms with E-state index in [0.717, 1.165) is 34.9 Å². The summed E-state index contributed by atoms with van der Waals surface area (Å²) in [4.78, 5) is 0. The van der Waals surface area contributed by atoms with Gasteiger partial charge in [0.15, 0.2) is 6.23 Å². The van der Waals surface area contributed by atoms with Gasteiger partial charge in [0.25, 0.3) is 0 Å². The van der Waals surface area contributed by atoms with Crippen molar-refractivity contribution in [1.29, 1.82) is 0 Å².